The number of carbonyl (C=O) groups excluding carboxylic acids is 1. The summed E-state index contributed by atoms with van der Waals surface area (Å²) in [6.45, 7) is 0.904. The Bertz CT molecular complexity index is 1380. The van der Waals surface area contributed by atoms with Gasteiger partial charge in [-0.3, -0.25) is 14.2 Å². The quantitative estimate of drug-likeness (QED) is 0.552. The number of hydrogen-bond acceptors (Lipinski definition) is 7. The van der Waals surface area contributed by atoms with Crippen LogP contribution in [0.1, 0.15) is 22.8 Å². The summed E-state index contributed by atoms with van der Waals surface area (Å²) in [6.07, 6.45) is 0.119. The molecule has 2 atom stereocenters. The molecule has 0 radical (unpaired) electrons. The van der Waals surface area contributed by atoms with E-state index in [0.717, 1.165) is 27.0 Å². The number of nitrogens with zero attached hydrogens (tertiary/aromatic N) is 1. The fourth-order valence-corrected chi connectivity index (χ4v) is 7.47. The van der Waals surface area contributed by atoms with Crippen molar-refractivity contribution in [2.24, 2.45) is 11.1 Å². The Labute approximate surface area is 198 Å². The molecule has 0 saturated carbocycles. The van der Waals surface area contributed by atoms with Crippen LogP contribution >= 0.6 is 23.1 Å². The van der Waals surface area contributed by atoms with Crippen LogP contribution in [0.25, 0.3) is 0 Å². The first-order valence-electron chi connectivity index (χ1n) is 10.3. The van der Waals surface area contributed by atoms with E-state index < -0.39 is 10.0 Å². The van der Waals surface area contributed by atoms with Crippen molar-refractivity contribution in [3.63, 3.8) is 0 Å². The van der Waals surface area contributed by atoms with Crippen molar-refractivity contribution in [3.8, 4) is 5.75 Å². The van der Waals surface area contributed by atoms with Gasteiger partial charge in [-0.1, -0.05) is 29.5 Å². The molecule has 2 aliphatic rings. The van der Waals surface area contributed by atoms with Crippen molar-refractivity contribution in [3.05, 3.63) is 68.6 Å². The normalized spacial score (nSPS) is 19.1. The number of nitrogens with two attached hydrogens (primary N) is 1. The number of hydrogen-bond donors (Lipinski definition) is 2. The second kappa shape index (κ2) is 8.64. The number of sulfonamides is 1. The molecular formula is C22H21N3O5S3. The predicted molar refractivity (Wildman–Crippen MR) is 128 cm³/mol. The standard InChI is InChI=1S/C22H21N3O5S3/c23-33(28,29)15-7-5-14(6-8-15)24-18(26)9-10-25-21-20(32-22(25)27)19-13(12-31-21)11-30-17-4-2-1-3-16(17)19/h1-8,13,19H,9-12H2,(H,24,26)(H2,23,28,29)/t13-,19-/m1/s1. The zero-order chi connectivity index (χ0) is 23.2. The van der Waals surface area contributed by atoms with Crippen LogP contribution in [0.3, 0.4) is 0 Å². The molecule has 3 heterocycles. The lowest BCUT2D eigenvalue weighted by atomic mass is 9.84. The van der Waals surface area contributed by atoms with Crippen molar-refractivity contribution >= 4 is 44.7 Å². The summed E-state index contributed by atoms with van der Waals surface area (Å²) in [4.78, 5) is 26.3. The number of anilines is 1. The van der Waals surface area contributed by atoms with Gasteiger partial charge in [-0.25, -0.2) is 13.6 Å². The number of carbonyl (C=O) groups is 1. The topological polar surface area (TPSA) is 120 Å². The van der Waals surface area contributed by atoms with Gasteiger partial charge in [0, 0.05) is 46.7 Å². The van der Waals surface area contributed by atoms with E-state index in [1.807, 2.05) is 18.2 Å². The van der Waals surface area contributed by atoms with E-state index in [2.05, 4.69) is 11.4 Å². The maximum atomic E-state index is 12.8. The molecule has 0 bridgehead atoms. The minimum atomic E-state index is -3.79. The molecule has 0 fully saturated rings. The number of fused-ring (bicyclic) bond motifs is 5. The molecule has 0 spiro atoms. The summed E-state index contributed by atoms with van der Waals surface area (Å²) < 4.78 is 30.3. The molecule has 2 aromatic carbocycles. The van der Waals surface area contributed by atoms with Gasteiger partial charge in [0.2, 0.25) is 15.9 Å². The first-order chi connectivity index (χ1) is 15.8. The number of ether oxygens (including phenoxy) is 1. The monoisotopic (exact) mass is 503 g/mol. The summed E-state index contributed by atoms with van der Waals surface area (Å²) in [5.41, 5.74) is 1.58. The number of amides is 1. The summed E-state index contributed by atoms with van der Waals surface area (Å²) >= 11 is 2.91. The van der Waals surface area contributed by atoms with Gasteiger partial charge < -0.3 is 10.1 Å². The highest BCUT2D eigenvalue weighted by molar-refractivity contribution is 7.99. The van der Waals surface area contributed by atoms with Gasteiger partial charge >= 0.3 is 4.87 Å². The van der Waals surface area contributed by atoms with Crippen LogP contribution in [0, 0.1) is 5.92 Å². The van der Waals surface area contributed by atoms with Crippen LogP contribution in [0.15, 0.2) is 63.2 Å². The van der Waals surface area contributed by atoms with Crippen molar-refractivity contribution in [1.29, 1.82) is 0 Å². The average Bonchev–Trinajstić information content (AvgIpc) is 3.12. The highest BCUT2D eigenvalue weighted by Gasteiger charge is 2.39. The van der Waals surface area contributed by atoms with E-state index in [1.165, 1.54) is 35.6 Å². The Balaban J connectivity index is 1.32. The Morgan fingerprint density at radius 2 is 1.94 bits per heavy atom. The first-order valence-corrected chi connectivity index (χ1v) is 13.7. The molecule has 5 rings (SSSR count). The molecular weight excluding hydrogens is 482 g/mol. The molecule has 8 nitrogen and oxygen atoms in total. The van der Waals surface area contributed by atoms with E-state index >= 15 is 0 Å². The van der Waals surface area contributed by atoms with Crippen molar-refractivity contribution in [1.82, 2.24) is 4.57 Å². The average molecular weight is 504 g/mol. The van der Waals surface area contributed by atoms with Gasteiger partial charge in [0.15, 0.2) is 0 Å². The number of para-hydroxylation sites is 1. The number of nitrogens with one attached hydrogen (secondary N) is 1. The fraction of sp³-hybridized carbons (Fsp3) is 0.273. The summed E-state index contributed by atoms with van der Waals surface area (Å²) in [6, 6.07) is 13.6. The second-order valence-electron chi connectivity index (χ2n) is 7.95. The SMILES string of the molecule is NS(=O)(=O)c1ccc(NC(=O)CCn2c3c(sc2=O)[C@H]2c4ccccc4OC[C@@H]2CS3)cc1. The minimum absolute atomic E-state index is 0.0260. The molecule has 0 unspecified atom stereocenters. The van der Waals surface area contributed by atoms with Crippen LogP contribution in [-0.2, 0) is 21.4 Å². The molecule has 0 saturated heterocycles. The van der Waals surface area contributed by atoms with E-state index in [0.29, 0.717) is 18.2 Å². The highest BCUT2D eigenvalue weighted by Crippen LogP contribution is 2.50. The molecule has 33 heavy (non-hydrogen) atoms. The lowest BCUT2D eigenvalue weighted by Crippen LogP contribution is -2.31. The zero-order valence-electron chi connectivity index (χ0n) is 17.4. The van der Waals surface area contributed by atoms with E-state index in [4.69, 9.17) is 9.88 Å². The highest BCUT2D eigenvalue weighted by atomic mass is 32.2. The summed E-state index contributed by atoms with van der Waals surface area (Å²) in [5, 5.41) is 8.76. The van der Waals surface area contributed by atoms with E-state index in [-0.39, 0.29) is 34.6 Å². The smallest absolute Gasteiger partial charge is 0.308 e. The molecule has 172 valence electrons. The zero-order valence-corrected chi connectivity index (χ0v) is 19.8. The van der Waals surface area contributed by atoms with E-state index in [1.54, 1.807) is 16.3 Å². The lowest BCUT2D eigenvalue weighted by molar-refractivity contribution is -0.116. The largest absolute Gasteiger partial charge is 0.493 e. The van der Waals surface area contributed by atoms with Crippen LogP contribution in [0.5, 0.6) is 5.75 Å². The summed E-state index contributed by atoms with van der Waals surface area (Å²) in [7, 11) is -3.79. The Hall–Kier alpha value is -2.60. The Morgan fingerprint density at radius 1 is 1.18 bits per heavy atom. The maximum absolute atomic E-state index is 12.8. The van der Waals surface area contributed by atoms with Gasteiger partial charge in [0.25, 0.3) is 0 Å². The molecule has 3 N–H and O–H groups in total. The number of rotatable bonds is 5. The third-order valence-electron chi connectivity index (χ3n) is 5.80. The number of thioether (sulfide) groups is 1. The van der Waals surface area contributed by atoms with Gasteiger partial charge in [-0.15, -0.1) is 11.8 Å². The number of aromatic nitrogens is 1. The Kier molecular flexibility index (Phi) is 5.81. The number of primary sulfonamides is 1. The molecule has 1 aromatic heterocycles. The molecule has 11 heteroatoms. The van der Waals surface area contributed by atoms with Crippen LogP contribution in [0.4, 0.5) is 5.69 Å². The predicted octanol–water partition coefficient (Wildman–Crippen LogP) is 2.83. The summed E-state index contributed by atoms with van der Waals surface area (Å²) in [5.74, 6) is 1.91. The van der Waals surface area contributed by atoms with Crippen molar-refractivity contribution < 1.29 is 17.9 Å². The maximum Gasteiger partial charge on any atom is 0.308 e. The minimum Gasteiger partial charge on any atom is -0.493 e. The Morgan fingerprint density at radius 3 is 2.70 bits per heavy atom. The van der Waals surface area contributed by atoms with Crippen molar-refractivity contribution in [2.75, 3.05) is 17.7 Å². The van der Waals surface area contributed by atoms with Crippen LogP contribution in [0.2, 0.25) is 0 Å². The van der Waals surface area contributed by atoms with Crippen LogP contribution < -0.4 is 20.1 Å². The van der Waals surface area contributed by atoms with Gasteiger partial charge in [0.05, 0.1) is 16.5 Å². The van der Waals surface area contributed by atoms with Crippen molar-refractivity contribution in [2.45, 2.75) is 28.8 Å². The molecule has 3 aromatic rings. The van der Waals surface area contributed by atoms with E-state index in [9.17, 15) is 18.0 Å². The molecule has 0 aliphatic carbocycles. The van der Waals surface area contributed by atoms with Gasteiger partial charge in [-0.05, 0) is 30.3 Å². The third kappa shape index (κ3) is 4.33. The number of thiazole rings is 1. The molecule has 1 amide bonds. The van der Waals surface area contributed by atoms with Gasteiger partial charge in [-0.2, -0.15) is 0 Å². The second-order valence-corrected chi connectivity index (χ2v) is 11.5. The molecule has 2 aliphatic heterocycles. The number of benzene rings is 2. The third-order valence-corrected chi connectivity index (χ3v) is 9.23. The fourth-order valence-electron chi connectivity index (χ4n) is 4.21. The van der Waals surface area contributed by atoms with Crippen LogP contribution in [-0.4, -0.2) is 31.3 Å². The first kappa shape index (κ1) is 22.2. The lowest BCUT2D eigenvalue weighted by Gasteiger charge is -2.36. The van der Waals surface area contributed by atoms with Gasteiger partial charge in [0.1, 0.15) is 5.75 Å².